The molecule has 4 aromatic rings. The second-order valence-corrected chi connectivity index (χ2v) is 12.9. The first-order chi connectivity index (χ1) is 24.3. The van der Waals surface area contributed by atoms with Gasteiger partial charge in [-0.05, 0) is 44.4 Å². The molecule has 0 radical (unpaired) electrons. The quantitative estimate of drug-likeness (QED) is 0.119. The van der Waals surface area contributed by atoms with Crippen LogP contribution < -0.4 is 17.7 Å². The average molecular weight is 753 g/mol. The van der Waals surface area contributed by atoms with Crippen LogP contribution in [0.15, 0.2) is 76.3 Å². The van der Waals surface area contributed by atoms with E-state index in [-0.39, 0.29) is 43.5 Å². The predicted octanol–water partition coefficient (Wildman–Crippen LogP) is 2.52. The van der Waals surface area contributed by atoms with Gasteiger partial charge in [-0.3, -0.25) is 15.0 Å². The number of halogens is 3. The third-order valence-corrected chi connectivity index (χ3v) is 9.27. The minimum absolute atomic E-state index is 0. The van der Waals surface area contributed by atoms with Gasteiger partial charge in [-0.25, -0.2) is 23.5 Å². The van der Waals surface area contributed by atoms with Crippen LogP contribution in [0.2, 0.25) is 0 Å². The molecule has 5 rings (SSSR count). The second kappa shape index (κ2) is 16.9. The standard InChI is InChI=1S/C35H34F2N8O5S.ClH/c1-22(32-42-30(18-51-32)25-9-7-24(17-38)8-10-25)35(48,28-12-11-26(36)16-29(28)37)19-45(21-39-20-41-45)14-15-49-34(47)43-31-27(6-5-13-40-31)33(44(3)4)50-23(2)46;/h5-13,16,18,20-22,33,48H,14-15,19H2,1-4H3;1H/t22-,33?,35+,45?;/m0./s1. The molecule has 1 aliphatic rings. The largest absolute Gasteiger partial charge is 1.00 e. The van der Waals surface area contributed by atoms with Crippen LogP contribution in [0, 0.1) is 23.0 Å². The van der Waals surface area contributed by atoms with Crippen molar-refractivity contribution in [2.75, 3.05) is 39.1 Å². The number of benzene rings is 2. The van der Waals surface area contributed by atoms with E-state index in [1.165, 1.54) is 43.2 Å². The van der Waals surface area contributed by atoms with Crippen molar-refractivity contribution in [1.82, 2.24) is 14.9 Å². The highest BCUT2D eigenvalue weighted by molar-refractivity contribution is 7.10. The number of aromatic nitrogens is 2. The van der Waals surface area contributed by atoms with Gasteiger partial charge in [0, 0.05) is 41.6 Å². The highest BCUT2D eigenvalue weighted by Crippen LogP contribution is 2.42. The Bertz CT molecular complexity index is 1990. The summed E-state index contributed by atoms with van der Waals surface area (Å²) in [5.41, 5.74) is 0.0538. The molecule has 1 amide bonds. The second-order valence-electron chi connectivity index (χ2n) is 12.0. The summed E-state index contributed by atoms with van der Waals surface area (Å²) in [7, 11) is 3.40. The maximum absolute atomic E-state index is 15.5. The number of aliphatic hydroxyl groups is 1. The number of hydrogen-bond acceptors (Lipinski definition) is 12. The van der Waals surface area contributed by atoms with E-state index in [0.717, 1.165) is 11.6 Å². The molecule has 4 atom stereocenters. The van der Waals surface area contributed by atoms with Crippen LogP contribution in [0.4, 0.5) is 19.4 Å². The van der Waals surface area contributed by atoms with E-state index in [2.05, 4.69) is 26.5 Å². The Morgan fingerprint density at radius 1 is 1.17 bits per heavy atom. The number of carbonyl (C=O) groups excluding carboxylic acids is 2. The van der Waals surface area contributed by atoms with Crippen LogP contribution in [0.3, 0.4) is 0 Å². The number of carbonyl (C=O) groups is 2. The lowest BCUT2D eigenvalue weighted by Gasteiger charge is -2.38. The average Bonchev–Trinajstić information content (AvgIpc) is 3.77. The molecule has 0 bridgehead atoms. The van der Waals surface area contributed by atoms with E-state index in [1.807, 2.05) is 0 Å². The predicted molar refractivity (Wildman–Crippen MR) is 185 cm³/mol. The summed E-state index contributed by atoms with van der Waals surface area (Å²) in [6, 6.07) is 15.2. The summed E-state index contributed by atoms with van der Waals surface area (Å²) in [6.45, 7) is 2.42. The molecule has 0 saturated heterocycles. The summed E-state index contributed by atoms with van der Waals surface area (Å²) in [5, 5.41) is 30.9. The number of pyridine rings is 1. The SMILES string of the molecule is CC(=O)OC(c1cccnc1NC(=O)OCC[N+]1(C[C@](O)(c2ccc(F)cc2F)[C@@H](C)c2nc(-c3ccc(C#N)cc3)cs2)C=NC=N1)N(C)C.[Cl-]. The molecule has 0 spiro atoms. The number of nitrogens with one attached hydrogen (secondary N) is 1. The Morgan fingerprint density at radius 2 is 1.92 bits per heavy atom. The fourth-order valence-electron chi connectivity index (χ4n) is 5.60. The molecule has 13 nitrogen and oxygen atoms in total. The third kappa shape index (κ3) is 8.99. The summed E-state index contributed by atoms with van der Waals surface area (Å²) < 4.78 is 40.0. The zero-order valence-corrected chi connectivity index (χ0v) is 30.1. The highest BCUT2D eigenvalue weighted by atomic mass is 35.5. The highest BCUT2D eigenvalue weighted by Gasteiger charge is 2.49. The van der Waals surface area contributed by atoms with Crippen LogP contribution in [0.25, 0.3) is 11.3 Å². The Kier molecular flexibility index (Phi) is 12.9. The summed E-state index contributed by atoms with van der Waals surface area (Å²) >= 11 is 1.25. The van der Waals surface area contributed by atoms with Crippen molar-refractivity contribution in [3.8, 4) is 17.3 Å². The monoisotopic (exact) mass is 752 g/mol. The molecule has 2 aromatic heterocycles. The lowest BCUT2D eigenvalue weighted by Crippen LogP contribution is -3.00. The molecule has 0 fully saturated rings. The molecular weight excluding hydrogens is 718 g/mol. The Balaban J connectivity index is 0.00000605. The smallest absolute Gasteiger partial charge is 0.413 e. The van der Waals surface area contributed by atoms with Gasteiger partial charge < -0.3 is 27.0 Å². The third-order valence-electron chi connectivity index (χ3n) is 8.24. The lowest BCUT2D eigenvalue weighted by atomic mass is 9.81. The number of esters is 1. The Labute approximate surface area is 308 Å². The van der Waals surface area contributed by atoms with Crippen molar-refractivity contribution in [2.24, 2.45) is 10.1 Å². The number of thiazole rings is 1. The normalized spacial score (nSPS) is 17.1. The van der Waals surface area contributed by atoms with E-state index in [0.29, 0.717) is 27.9 Å². The first-order valence-electron chi connectivity index (χ1n) is 15.7. The molecule has 0 saturated carbocycles. The van der Waals surface area contributed by atoms with E-state index >= 15 is 4.39 Å². The van der Waals surface area contributed by atoms with Crippen molar-refractivity contribution in [3.05, 3.63) is 99.5 Å². The minimum atomic E-state index is -2.02. The molecule has 2 aromatic carbocycles. The molecule has 52 heavy (non-hydrogen) atoms. The maximum Gasteiger partial charge on any atom is 0.413 e. The van der Waals surface area contributed by atoms with E-state index in [1.54, 1.807) is 67.7 Å². The number of rotatable bonds is 13. The summed E-state index contributed by atoms with van der Waals surface area (Å²) in [6.07, 6.45) is 2.47. The molecule has 272 valence electrons. The summed E-state index contributed by atoms with van der Waals surface area (Å²) in [5.74, 6) is -3.02. The number of quaternary nitrogens is 1. The van der Waals surface area contributed by atoms with E-state index in [4.69, 9.17) is 19.7 Å². The Hall–Kier alpha value is -5.18. The van der Waals surface area contributed by atoms with Crippen LogP contribution in [0.5, 0.6) is 0 Å². The zero-order chi connectivity index (χ0) is 36.8. The van der Waals surface area contributed by atoms with Gasteiger partial charge in [0.2, 0.25) is 6.34 Å². The van der Waals surface area contributed by atoms with Gasteiger partial charge in [0.25, 0.3) is 0 Å². The molecule has 2 unspecified atom stereocenters. The van der Waals surface area contributed by atoms with Crippen molar-refractivity contribution in [1.29, 1.82) is 5.26 Å². The van der Waals surface area contributed by atoms with Crippen LogP contribution >= 0.6 is 11.3 Å². The molecule has 17 heteroatoms. The van der Waals surface area contributed by atoms with Crippen LogP contribution in [-0.2, 0) is 19.9 Å². The van der Waals surface area contributed by atoms with Gasteiger partial charge in [-0.15, -0.1) is 15.9 Å². The van der Waals surface area contributed by atoms with Crippen molar-refractivity contribution in [2.45, 2.75) is 31.6 Å². The fraction of sp³-hybridized carbons (Fsp3) is 0.286. The van der Waals surface area contributed by atoms with Crippen LogP contribution in [0.1, 0.15) is 47.7 Å². The topological polar surface area (TPSA) is 162 Å². The Morgan fingerprint density at radius 3 is 2.56 bits per heavy atom. The maximum atomic E-state index is 15.5. The van der Waals surface area contributed by atoms with Gasteiger partial charge in [0.15, 0.2) is 18.2 Å². The number of amides is 1. The van der Waals surface area contributed by atoms with Gasteiger partial charge in [-0.1, -0.05) is 30.2 Å². The first kappa shape index (κ1) is 39.6. The fourth-order valence-corrected chi connectivity index (χ4v) is 6.57. The van der Waals surface area contributed by atoms with Crippen molar-refractivity contribution >= 4 is 41.9 Å². The molecular formula is C35H35ClF2N8O5S. The molecule has 0 aliphatic carbocycles. The lowest BCUT2D eigenvalue weighted by molar-refractivity contribution is -0.848. The molecule has 1 aliphatic heterocycles. The van der Waals surface area contributed by atoms with Gasteiger partial charge >= 0.3 is 12.1 Å². The number of nitriles is 1. The number of aliphatic imine (C=N–C) groups is 1. The molecule has 2 N–H and O–H groups in total. The van der Waals surface area contributed by atoms with Gasteiger partial charge in [-0.2, -0.15) is 10.3 Å². The number of nitrogens with zero attached hydrogens (tertiary/aromatic N) is 7. The van der Waals surface area contributed by atoms with Crippen molar-refractivity contribution in [3.63, 3.8) is 0 Å². The van der Waals surface area contributed by atoms with Gasteiger partial charge in [0.1, 0.15) is 37.1 Å². The van der Waals surface area contributed by atoms with Gasteiger partial charge in [0.05, 0.1) is 27.9 Å². The zero-order valence-electron chi connectivity index (χ0n) is 28.5. The summed E-state index contributed by atoms with van der Waals surface area (Å²) in [4.78, 5) is 39.4. The van der Waals surface area contributed by atoms with E-state index < -0.39 is 46.0 Å². The molecule has 3 heterocycles. The number of anilines is 1. The van der Waals surface area contributed by atoms with Crippen molar-refractivity contribution < 1.29 is 49.9 Å². The van der Waals surface area contributed by atoms with E-state index in [9.17, 15) is 19.1 Å². The number of hydrogen-bond donors (Lipinski definition) is 2. The minimum Gasteiger partial charge on any atom is -1.00 e. The first-order valence-corrected chi connectivity index (χ1v) is 16.5. The number of ether oxygens (including phenoxy) is 2. The van der Waals surface area contributed by atoms with Crippen LogP contribution in [-0.4, -0.2) is 83.1 Å².